The van der Waals surface area contributed by atoms with Crippen molar-refractivity contribution in [2.45, 2.75) is 46.2 Å². The highest BCUT2D eigenvalue weighted by molar-refractivity contribution is 7.10. The minimum Gasteiger partial charge on any atom is -0.309 e. The Balaban J connectivity index is 2.09. The number of nitrogens with zero attached hydrogens (tertiary/aromatic N) is 3. The number of nitrogens with one attached hydrogen (secondary N) is 1. The van der Waals surface area contributed by atoms with Gasteiger partial charge in [-0.2, -0.15) is 5.10 Å². The van der Waals surface area contributed by atoms with Crippen LogP contribution in [0, 0.1) is 5.92 Å². The summed E-state index contributed by atoms with van der Waals surface area (Å²) in [6, 6.07) is 4.64. The lowest BCUT2D eigenvalue weighted by molar-refractivity contribution is 0.445. The first-order valence-electron chi connectivity index (χ1n) is 7.34. The largest absolute Gasteiger partial charge is 0.309 e. The molecule has 0 saturated heterocycles. The van der Waals surface area contributed by atoms with E-state index in [4.69, 9.17) is 0 Å². The van der Waals surface area contributed by atoms with Crippen LogP contribution in [-0.4, -0.2) is 21.3 Å². The SMILES string of the molecule is CCCNC(Cc1ncnn1CC(C)C)c1cccs1. The summed E-state index contributed by atoms with van der Waals surface area (Å²) in [6.45, 7) is 8.57. The van der Waals surface area contributed by atoms with Crippen LogP contribution in [0.25, 0.3) is 0 Å². The molecule has 2 rings (SSSR count). The van der Waals surface area contributed by atoms with Crippen molar-refractivity contribution in [3.8, 4) is 0 Å². The lowest BCUT2D eigenvalue weighted by atomic mass is 10.1. The lowest BCUT2D eigenvalue weighted by Gasteiger charge is -2.17. The van der Waals surface area contributed by atoms with Gasteiger partial charge in [0, 0.05) is 23.9 Å². The zero-order valence-corrected chi connectivity index (χ0v) is 13.4. The van der Waals surface area contributed by atoms with E-state index < -0.39 is 0 Å². The molecule has 0 radical (unpaired) electrons. The molecule has 0 saturated carbocycles. The molecule has 2 aromatic rings. The third-order valence-corrected chi connectivity index (χ3v) is 4.13. The van der Waals surface area contributed by atoms with Gasteiger partial charge in [0.2, 0.25) is 0 Å². The number of hydrogen-bond acceptors (Lipinski definition) is 4. The minimum absolute atomic E-state index is 0.338. The quantitative estimate of drug-likeness (QED) is 0.812. The van der Waals surface area contributed by atoms with Crippen LogP contribution in [0.3, 0.4) is 0 Å². The van der Waals surface area contributed by atoms with Crippen molar-refractivity contribution in [1.29, 1.82) is 0 Å². The topological polar surface area (TPSA) is 42.7 Å². The molecule has 2 aromatic heterocycles. The summed E-state index contributed by atoms with van der Waals surface area (Å²) in [5, 5.41) is 10.1. The van der Waals surface area contributed by atoms with Crippen molar-refractivity contribution in [3.63, 3.8) is 0 Å². The maximum absolute atomic E-state index is 4.44. The van der Waals surface area contributed by atoms with Gasteiger partial charge in [-0.1, -0.05) is 26.8 Å². The summed E-state index contributed by atoms with van der Waals surface area (Å²) in [4.78, 5) is 5.82. The van der Waals surface area contributed by atoms with E-state index in [0.717, 1.165) is 31.8 Å². The van der Waals surface area contributed by atoms with Crippen LogP contribution in [0.1, 0.15) is 43.9 Å². The molecule has 2 heterocycles. The Morgan fingerprint density at radius 3 is 2.90 bits per heavy atom. The summed E-state index contributed by atoms with van der Waals surface area (Å²) >= 11 is 1.80. The number of aromatic nitrogens is 3. The maximum atomic E-state index is 4.44. The zero-order valence-electron chi connectivity index (χ0n) is 12.5. The maximum Gasteiger partial charge on any atom is 0.138 e. The monoisotopic (exact) mass is 292 g/mol. The molecular formula is C15H24N4S. The van der Waals surface area contributed by atoms with E-state index in [2.05, 4.69) is 53.7 Å². The molecular weight excluding hydrogens is 268 g/mol. The first-order valence-corrected chi connectivity index (χ1v) is 8.22. The molecule has 110 valence electrons. The molecule has 0 aliphatic heterocycles. The van der Waals surface area contributed by atoms with Crippen LogP contribution in [0.5, 0.6) is 0 Å². The highest BCUT2D eigenvalue weighted by atomic mass is 32.1. The second-order valence-corrected chi connectivity index (χ2v) is 6.46. The van der Waals surface area contributed by atoms with E-state index in [1.165, 1.54) is 4.88 Å². The average Bonchev–Trinajstić information content (AvgIpc) is 3.05. The van der Waals surface area contributed by atoms with Crippen molar-refractivity contribution in [2.24, 2.45) is 5.92 Å². The highest BCUT2D eigenvalue weighted by Gasteiger charge is 2.16. The molecule has 0 aromatic carbocycles. The van der Waals surface area contributed by atoms with E-state index in [0.29, 0.717) is 12.0 Å². The van der Waals surface area contributed by atoms with Gasteiger partial charge >= 0.3 is 0 Å². The Labute approximate surface area is 125 Å². The molecule has 1 unspecified atom stereocenters. The smallest absolute Gasteiger partial charge is 0.138 e. The van der Waals surface area contributed by atoms with Gasteiger partial charge in [-0.25, -0.2) is 9.67 Å². The predicted molar refractivity (Wildman–Crippen MR) is 83.9 cm³/mol. The molecule has 0 spiro atoms. The van der Waals surface area contributed by atoms with E-state index in [1.54, 1.807) is 17.7 Å². The molecule has 1 atom stereocenters. The minimum atomic E-state index is 0.338. The fourth-order valence-corrected chi connectivity index (χ4v) is 3.01. The fourth-order valence-electron chi connectivity index (χ4n) is 2.21. The van der Waals surface area contributed by atoms with Crippen LogP contribution >= 0.6 is 11.3 Å². The van der Waals surface area contributed by atoms with Gasteiger partial charge in [-0.3, -0.25) is 0 Å². The molecule has 1 N–H and O–H groups in total. The van der Waals surface area contributed by atoms with E-state index >= 15 is 0 Å². The third-order valence-electron chi connectivity index (χ3n) is 3.15. The van der Waals surface area contributed by atoms with E-state index in [1.807, 2.05) is 4.68 Å². The number of hydrogen-bond donors (Lipinski definition) is 1. The molecule has 4 nitrogen and oxygen atoms in total. The Morgan fingerprint density at radius 1 is 1.40 bits per heavy atom. The van der Waals surface area contributed by atoms with Gasteiger partial charge in [0.25, 0.3) is 0 Å². The van der Waals surface area contributed by atoms with Crippen LogP contribution in [0.2, 0.25) is 0 Å². The van der Waals surface area contributed by atoms with E-state index in [-0.39, 0.29) is 0 Å². The van der Waals surface area contributed by atoms with Crippen molar-refractivity contribution in [1.82, 2.24) is 20.1 Å². The van der Waals surface area contributed by atoms with Crippen molar-refractivity contribution in [2.75, 3.05) is 6.54 Å². The second-order valence-electron chi connectivity index (χ2n) is 5.48. The average molecular weight is 292 g/mol. The molecule has 0 aliphatic rings. The summed E-state index contributed by atoms with van der Waals surface area (Å²) in [5.74, 6) is 1.65. The fraction of sp³-hybridized carbons (Fsp3) is 0.600. The van der Waals surface area contributed by atoms with Gasteiger partial charge in [-0.05, 0) is 30.3 Å². The standard InChI is InChI=1S/C15H24N4S/c1-4-7-16-13(14-6-5-8-20-14)9-15-17-11-18-19(15)10-12(2)3/h5-6,8,11-13,16H,4,7,9-10H2,1-3H3. The zero-order chi connectivity index (χ0) is 14.4. The Bertz CT molecular complexity index is 490. The molecule has 0 fully saturated rings. The molecule has 0 amide bonds. The number of thiophene rings is 1. The second kappa shape index (κ2) is 7.55. The Hall–Kier alpha value is -1.20. The van der Waals surface area contributed by atoms with Crippen LogP contribution < -0.4 is 5.32 Å². The summed E-state index contributed by atoms with van der Waals surface area (Å²) in [7, 11) is 0. The summed E-state index contributed by atoms with van der Waals surface area (Å²) < 4.78 is 2.04. The van der Waals surface area contributed by atoms with Gasteiger partial charge < -0.3 is 5.32 Å². The van der Waals surface area contributed by atoms with Gasteiger partial charge in [0.15, 0.2) is 0 Å². The Morgan fingerprint density at radius 2 is 2.25 bits per heavy atom. The summed E-state index contributed by atoms with van der Waals surface area (Å²) in [5.41, 5.74) is 0. The molecule has 0 bridgehead atoms. The molecule has 20 heavy (non-hydrogen) atoms. The van der Waals surface area contributed by atoms with Crippen LogP contribution in [0.15, 0.2) is 23.8 Å². The molecule has 0 aliphatic carbocycles. The lowest BCUT2D eigenvalue weighted by Crippen LogP contribution is -2.25. The first kappa shape index (κ1) is 15.2. The van der Waals surface area contributed by atoms with Gasteiger partial charge in [0.05, 0.1) is 0 Å². The normalized spacial score (nSPS) is 13.0. The first-order chi connectivity index (χ1) is 9.70. The highest BCUT2D eigenvalue weighted by Crippen LogP contribution is 2.22. The van der Waals surface area contributed by atoms with Crippen molar-refractivity contribution >= 4 is 11.3 Å². The van der Waals surface area contributed by atoms with Crippen LogP contribution in [0.4, 0.5) is 0 Å². The Kier molecular flexibility index (Phi) is 5.73. The molecule has 5 heteroatoms. The van der Waals surface area contributed by atoms with Crippen molar-refractivity contribution < 1.29 is 0 Å². The van der Waals surface area contributed by atoms with Crippen LogP contribution in [-0.2, 0) is 13.0 Å². The summed E-state index contributed by atoms with van der Waals surface area (Å²) in [6.07, 6.45) is 3.71. The van der Waals surface area contributed by atoms with Gasteiger partial charge in [-0.15, -0.1) is 11.3 Å². The predicted octanol–water partition coefficient (Wildman–Crippen LogP) is 3.28. The van der Waals surface area contributed by atoms with Gasteiger partial charge in [0.1, 0.15) is 12.2 Å². The van der Waals surface area contributed by atoms with E-state index in [9.17, 15) is 0 Å². The third kappa shape index (κ3) is 4.15. The number of rotatable bonds is 8. The van der Waals surface area contributed by atoms with Crippen molar-refractivity contribution in [3.05, 3.63) is 34.5 Å².